The molecule has 0 aliphatic rings. The molecule has 2 rings (SSSR count). The molecule has 0 heterocycles. The highest BCUT2D eigenvalue weighted by atomic mass is 35.5. The first-order chi connectivity index (χ1) is 8.97. The summed E-state index contributed by atoms with van der Waals surface area (Å²) >= 11 is 5.87. The number of hydrogen-bond donors (Lipinski definition) is 2. The summed E-state index contributed by atoms with van der Waals surface area (Å²) in [7, 11) is 0. The largest absolute Gasteiger partial charge is 0.398 e. The summed E-state index contributed by atoms with van der Waals surface area (Å²) in [5, 5.41) is 3.05. The summed E-state index contributed by atoms with van der Waals surface area (Å²) in [6, 6.07) is 8.82. The standard InChI is InChI=1S/C14H12ClFN2O/c1-8-6-9(16)2-4-11(8)14(19)18-10-3-5-13(17)12(15)7-10/h2-7H,17H2,1H3,(H,18,19). The van der Waals surface area contributed by atoms with E-state index in [0.717, 1.165) is 0 Å². The molecule has 0 aliphatic carbocycles. The highest BCUT2D eigenvalue weighted by molar-refractivity contribution is 6.33. The average Bonchev–Trinajstić information content (AvgIpc) is 2.33. The second-order valence-corrected chi connectivity index (χ2v) is 4.56. The Kier molecular flexibility index (Phi) is 3.71. The minimum absolute atomic E-state index is 0.321. The number of carbonyl (C=O) groups excluding carboxylic acids is 1. The maximum atomic E-state index is 13.0. The van der Waals surface area contributed by atoms with Gasteiger partial charge in [0, 0.05) is 11.3 Å². The van der Waals surface area contributed by atoms with Gasteiger partial charge >= 0.3 is 0 Å². The molecule has 0 aliphatic heterocycles. The van der Waals surface area contributed by atoms with Gasteiger partial charge in [-0.1, -0.05) is 11.6 Å². The summed E-state index contributed by atoms with van der Waals surface area (Å²) in [5.74, 6) is -0.692. The van der Waals surface area contributed by atoms with E-state index in [1.165, 1.54) is 18.2 Å². The number of rotatable bonds is 2. The number of nitrogens with two attached hydrogens (primary N) is 1. The van der Waals surface area contributed by atoms with Crippen molar-refractivity contribution in [3.63, 3.8) is 0 Å². The monoisotopic (exact) mass is 278 g/mol. The van der Waals surface area contributed by atoms with Crippen LogP contribution in [-0.2, 0) is 0 Å². The Morgan fingerprint density at radius 1 is 1.26 bits per heavy atom. The maximum absolute atomic E-state index is 13.0. The number of halogens is 2. The molecule has 0 fully saturated rings. The Labute approximate surface area is 115 Å². The smallest absolute Gasteiger partial charge is 0.255 e. The Morgan fingerprint density at radius 2 is 2.00 bits per heavy atom. The lowest BCUT2D eigenvalue weighted by atomic mass is 10.1. The van der Waals surface area contributed by atoms with Gasteiger partial charge in [0.05, 0.1) is 10.7 Å². The summed E-state index contributed by atoms with van der Waals surface area (Å²) in [4.78, 5) is 12.0. The normalized spacial score (nSPS) is 10.3. The van der Waals surface area contributed by atoms with Crippen LogP contribution in [0.3, 0.4) is 0 Å². The molecule has 3 nitrogen and oxygen atoms in total. The lowest BCUT2D eigenvalue weighted by Gasteiger charge is -2.08. The van der Waals surface area contributed by atoms with Gasteiger partial charge in [-0.05, 0) is 48.9 Å². The Bertz CT molecular complexity index is 643. The molecule has 0 bridgehead atoms. The molecular formula is C14H12ClFN2O. The van der Waals surface area contributed by atoms with Crippen molar-refractivity contribution < 1.29 is 9.18 Å². The van der Waals surface area contributed by atoms with Crippen LogP contribution in [0.25, 0.3) is 0 Å². The molecule has 0 atom stereocenters. The van der Waals surface area contributed by atoms with Gasteiger partial charge in [0.2, 0.25) is 0 Å². The summed E-state index contributed by atoms with van der Waals surface area (Å²) in [6.45, 7) is 1.67. The molecule has 1 amide bonds. The predicted octanol–water partition coefficient (Wildman–Crippen LogP) is 3.62. The van der Waals surface area contributed by atoms with Gasteiger partial charge in [-0.3, -0.25) is 4.79 Å². The first kappa shape index (κ1) is 13.4. The number of amides is 1. The van der Waals surface area contributed by atoms with Crippen molar-refractivity contribution in [1.29, 1.82) is 0 Å². The van der Waals surface area contributed by atoms with Crippen LogP contribution in [0.2, 0.25) is 5.02 Å². The van der Waals surface area contributed by atoms with E-state index in [4.69, 9.17) is 17.3 Å². The van der Waals surface area contributed by atoms with E-state index in [1.54, 1.807) is 25.1 Å². The van der Waals surface area contributed by atoms with Crippen molar-refractivity contribution in [3.05, 3.63) is 58.4 Å². The molecule has 19 heavy (non-hydrogen) atoms. The number of anilines is 2. The van der Waals surface area contributed by atoms with E-state index < -0.39 is 0 Å². The third kappa shape index (κ3) is 3.03. The first-order valence-electron chi connectivity index (χ1n) is 5.60. The maximum Gasteiger partial charge on any atom is 0.255 e. The van der Waals surface area contributed by atoms with Crippen molar-refractivity contribution in [2.24, 2.45) is 0 Å². The quantitative estimate of drug-likeness (QED) is 0.824. The Balaban J connectivity index is 2.23. The fourth-order valence-electron chi connectivity index (χ4n) is 1.69. The number of carbonyl (C=O) groups is 1. The molecule has 2 aromatic carbocycles. The topological polar surface area (TPSA) is 55.1 Å². The molecule has 3 N–H and O–H groups in total. The van der Waals surface area contributed by atoms with E-state index in [9.17, 15) is 9.18 Å². The minimum Gasteiger partial charge on any atom is -0.398 e. The number of benzene rings is 2. The van der Waals surface area contributed by atoms with Gasteiger partial charge in [-0.25, -0.2) is 4.39 Å². The lowest BCUT2D eigenvalue weighted by molar-refractivity contribution is 0.102. The SMILES string of the molecule is Cc1cc(F)ccc1C(=O)Nc1ccc(N)c(Cl)c1. The van der Waals surface area contributed by atoms with Gasteiger partial charge in [0.25, 0.3) is 5.91 Å². The average molecular weight is 279 g/mol. The highest BCUT2D eigenvalue weighted by Crippen LogP contribution is 2.23. The number of nitrogen functional groups attached to an aromatic ring is 1. The third-order valence-corrected chi connectivity index (χ3v) is 3.02. The molecule has 98 valence electrons. The van der Waals surface area contributed by atoms with Crippen molar-refractivity contribution in [2.75, 3.05) is 11.1 Å². The van der Waals surface area contributed by atoms with Crippen molar-refractivity contribution in [2.45, 2.75) is 6.92 Å². The van der Waals surface area contributed by atoms with Crippen LogP contribution in [-0.4, -0.2) is 5.91 Å². The van der Waals surface area contributed by atoms with Crippen LogP contribution < -0.4 is 11.1 Å². The lowest BCUT2D eigenvalue weighted by Crippen LogP contribution is -2.13. The van der Waals surface area contributed by atoms with Gasteiger partial charge < -0.3 is 11.1 Å². The number of nitrogens with one attached hydrogen (secondary N) is 1. The van der Waals surface area contributed by atoms with Crippen molar-refractivity contribution >= 4 is 28.9 Å². The van der Waals surface area contributed by atoms with Crippen LogP contribution in [0.15, 0.2) is 36.4 Å². The van der Waals surface area contributed by atoms with Gasteiger partial charge in [0.15, 0.2) is 0 Å². The zero-order valence-corrected chi connectivity index (χ0v) is 11.0. The zero-order chi connectivity index (χ0) is 14.0. The van der Waals surface area contributed by atoms with Crippen LogP contribution in [0.5, 0.6) is 0 Å². The van der Waals surface area contributed by atoms with Crippen LogP contribution in [0.4, 0.5) is 15.8 Å². The Hall–Kier alpha value is -2.07. The molecule has 5 heteroatoms. The molecule has 0 spiro atoms. The molecule has 2 aromatic rings. The van der Waals surface area contributed by atoms with E-state index >= 15 is 0 Å². The molecule has 0 radical (unpaired) electrons. The number of hydrogen-bond acceptors (Lipinski definition) is 2. The van der Waals surface area contributed by atoms with Gasteiger partial charge in [-0.2, -0.15) is 0 Å². The van der Waals surface area contributed by atoms with E-state index in [0.29, 0.717) is 27.5 Å². The molecule has 0 saturated carbocycles. The fraction of sp³-hybridized carbons (Fsp3) is 0.0714. The summed E-state index contributed by atoms with van der Waals surface area (Å²) in [5.41, 5.74) is 7.54. The zero-order valence-electron chi connectivity index (χ0n) is 10.2. The number of aryl methyl sites for hydroxylation is 1. The van der Waals surface area contributed by atoms with E-state index in [-0.39, 0.29) is 11.7 Å². The molecule has 0 saturated heterocycles. The van der Waals surface area contributed by atoms with E-state index in [1.807, 2.05) is 0 Å². The second-order valence-electron chi connectivity index (χ2n) is 4.15. The summed E-state index contributed by atoms with van der Waals surface area (Å²) in [6.07, 6.45) is 0. The van der Waals surface area contributed by atoms with Crippen LogP contribution in [0, 0.1) is 12.7 Å². The van der Waals surface area contributed by atoms with Crippen molar-refractivity contribution in [3.8, 4) is 0 Å². The Morgan fingerprint density at radius 3 is 2.63 bits per heavy atom. The molecular weight excluding hydrogens is 267 g/mol. The predicted molar refractivity (Wildman–Crippen MR) is 75.0 cm³/mol. The first-order valence-corrected chi connectivity index (χ1v) is 5.97. The van der Waals surface area contributed by atoms with Crippen molar-refractivity contribution in [1.82, 2.24) is 0 Å². The van der Waals surface area contributed by atoms with Gasteiger partial charge in [-0.15, -0.1) is 0 Å². The van der Waals surface area contributed by atoms with Crippen LogP contribution in [0.1, 0.15) is 15.9 Å². The second kappa shape index (κ2) is 5.28. The molecule has 0 aromatic heterocycles. The minimum atomic E-state index is -0.371. The molecule has 0 unspecified atom stereocenters. The third-order valence-electron chi connectivity index (χ3n) is 2.69. The van der Waals surface area contributed by atoms with Gasteiger partial charge in [0.1, 0.15) is 5.82 Å². The van der Waals surface area contributed by atoms with E-state index in [2.05, 4.69) is 5.32 Å². The van der Waals surface area contributed by atoms with Crippen LogP contribution >= 0.6 is 11.6 Å². The summed E-state index contributed by atoms with van der Waals surface area (Å²) < 4.78 is 13.0. The highest BCUT2D eigenvalue weighted by Gasteiger charge is 2.10. The fourth-order valence-corrected chi connectivity index (χ4v) is 1.87.